The Balaban J connectivity index is 1.87. The van der Waals surface area contributed by atoms with Crippen LogP contribution < -0.4 is 5.32 Å². The molecule has 0 saturated carbocycles. The van der Waals surface area contributed by atoms with Gasteiger partial charge < -0.3 is 15.2 Å². The normalized spacial score (nSPS) is 17.9. The van der Waals surface area contributed by atoms with Crippen molar-refractivity contribution in [1.29, 1.82) is 5.26 Å². The van der Waals surface area contributed by atoms with Crippen LogP contribution in [0.2, 0.25) is 0 Å². The van der Waals surface area contributed by atoms with Crippen LogP contribution in [-0.4, -0.2) is 30.5 Å². The zero-order chi connectivity index (χ0) is 13.7. The molecule has 2 N–H and O–H groups in total. The van der Waals surface area contributed by atoms with E-state index in [2.05, 4.69) is 5.32 Å². The summed E-state index contributed by atoms with van der Waals surface area (Å²) in [6.07, 6.45) is 1.19. The van der Waals surface area contributed by atoms with E-state index in [9.17, 15) is 9.50 Å². The molecule has 102 valence electrons. The second kappa shape index (κ2) is 6.11. The quantitative estimate of drug-likeness (QED) is 0.861. The maximum atomic E-state index is 13.6. The van der Waals surface area contributed by atoms with E-state index in [-0.39, 0.29) is 0 Å². The molecule has 5 heteroatoms. The number of ether oxygens (including phenoxy) is 1. The number of hydrogen-bond acceptors (Lipinski definition) is 4. The van der Waals surface area contributed by atoms with Crippen molar-refractivity contribution in [2.24, 2.45) is 0 Å². The van der Waals surface area contributed by atoms with E-state index in [0.717, 1.165) is 0 Å². The van der Waals surface area contributed by atoms with Crippen LogP contribution in [0.4, 0.5) is 4.39 Å². The van der Waals surface area contributed by atoms with Crippen LogP contribution in [0, 0.1) is 17.1 Å². The van der Waals surface area contributed by atoms with Crippen LogP contribution in [0.3, 0.4) is 0 Å². The van der Waals surface area contributed by atoms with Gasteiger partial charge in [-0.1, -0.05) is 6.07 Å². The predicted molar refractivity (Wildman–Crippen MR) is 67.8 cm³/mol. The summed E-state index contributed by atoms with van der Waals surface area (Å²) in [4.78, 5) is 0. The largest absolute Gasteiger partial charge is 0.388 e. The minimum absolute atomic E-state index is 0.310. The van der Waals surface area contributed by atoms with Gasteiger partial charge in [0.1, 0.15) is 5.82 Å². The second-order valence-electron chi connectivity index (χ2n) is 4.86. The molecule has 0 spiro atoms. The Bertz CT molecular complexity index is 479. The third kappa shape index (κ3) is 3.74. The van der Waals surface area contributed by atoms with Crippen molar-refractivity contribution in [3.63, 3.8) is 0 Å². The van der Waals surface area contributed by atoms with E-state index >= 15 is 0 Å². The Labute approximate surface area is 111 Å². The molecule has 0 radical (unpaired) electrons. The zero-order valence-corrected chi connectivity index (χ0v) is 10.7. The average Bonchev–Trinajstić information content (AvgIpc) is 2.41. The Morgan fingerprint density at radius 1 is 1.42 bits per heavy atom. The monoisotopic (exact) mass is 264 g/mol. The fraction of sp³-hybridized carbons (Fsp3) is 0.500. The highest BCUT2D eigenvalue weighted by Crippen LogP contribution is 2.19. The molecule has 1 aromatic rings. The molecular formula is C14H17FN2O2. The van der Waals surface area contributed by atoms with Crippen LogP contribution in [-0.2, 0) is 11.3 Å². The van der Waals surface area contributed by atoms with Gasteiger partial charge in [0.2, 0.25) is 0 Å². The van der Waals surface area contributed by atoms with E-state index < -0.39 is 11.4 Å². The summed E-state index contributed by atoms with van der Waals surface area (Å²) in [5.74, 6) is -0.398. The highest BCUT2D eigenvalue weighted by Gasteiger charge is 2.29. The maximum absolute atomic E-state index is 13.6. The van der Waals surface area contributed by atoms with Gasteiger partial charge in [-0.05, 0) is 12.1 Å². The van der Waals surface area contributed by atoms with Crippen molar-refractivity contribution in [2.75, 3.05) is 19.8 Å². The maximum Gasteiger partial charge on any atom is 0.129 e. The van der Waals surface area contributed by atoms with E-state index in [1.54, 1.807) is 12.1 Å². The molecule has 1 aliphatic rings. The van der Waals surface area contributed by atoms with Crippen molar-refractivity contribution >= 4 is 0 Å². The fourth-order valence-corrected chi connectivity index (χ4v) is 2.12. The van der Waals surface area contributed by atoms with Crippen LogP contribution in [0.25, 0.3) is 0 Å². The molecule has 1 heterocycles. The van der Waals surface area contributed by atoms with Crippen molar-refractivity contribution < 1.29 is 14.2 Å². The first kappa shape index (κ1) is 13.9. The topological polar surface area (TPSA) is 65.3 Å². The first-order valence-electron chi connectivity index (χ1n) is 6.32. The summed E-state index contributed by atoms with van der Waals surface area (Å²) in [7, 11) is 0. The number of nitriles is 1. The highest BCUT2D eigenvalue weighted by atomic mass is 19.1. The van der Waals surface area contributed by atoms with Gasteiger partial charge in [0.15, 0.2) is 0 Å². The number of hydrogen-bond donors (Lipinski definition) is 2. The molecule has 4 nitrogen and oxygen atoms in total. The molecule has 0 aliphatic carbocycles. The van der Waals surface area contributed by atoms with Gasteiger partial charge in [-0.25, -0.2) is 4.39 Å². The number of halogens is 1. The molecule has 1 saturated heterocycles. The van der Waals surface area contributed by atoms with E-state index in [1.165, 1.54) is 6.07 Å². The van der Waals surface area contributed by atoms with Crippen LogP contribution in [0.15, 0.2) is 18.2 Å². The number of nitrogens with one attached hydrogen (secondary N) is 1. The van der Waals surface area contributed by atoms with Crippen molar-refractivity contribution in [2.45, 2.75) is 25.0 Å². The number of aliphatic hydroxyl groups is 1. The minimum Gasteiger partial charge on any atom is -0.388 e. The SMILES string of the molecule is N#Cc1ccc(CNCC2(O)CCOCC2)c(F)c1. The number of nitrogens with zero attached hydrogens (tertiary/aromatic N) is 1. The molecule has 0 amide bonds. The Kier molecular flexibility index (Phi) is 4.48. The van der Waals surface area contributed by atoms with Gasteiger partial charge in [-0.3, -0.25) is 0 Å². The number of benzene rings is 1. The molecule has 0 aromatic heterocycles. The lowest BCUT2D eigenvalue weighted by Crippen LogP contribution is -2.44. The van der Waals surface area contributed by atoms with Crippen molar-refractivity contribution in [3.8, 4) is 6.07 Å². The summed E-state index contributed by atoms with van der Waals surface area (Å²) in [5, 5.41) is 21.9. The summed E-state index contributed by atoms with van der Waals surface area (Å²) in [6.45, 7) is 1.86. The Hall–Kier alpha value is -1.48. The molecule has 2 rings (SSSR count). The van der Waals surface area contributed by atoms with Crippen LogP contribution >= 0.6 is 0 Å². The lowest BCUT2D eigenvalue weighted by Gasteiger charge is -2.32. The van der Waals surface area contributed by atoms with E-state index in [1.807, 2.05) is 6.07 Å². The summed E-state index contributed by atoms with van der Waals surface area (Å²) >= 11 is 0. The first-order valence-corrected chi connectivity index (χ1v) is 6.32. The summed E-state index contributed by atoms with van der Waals surface area (Å²) in [5.41, 5.74) is 0.0420. The Morgan fingerprint density at radius 2 is 2.16 bits per heavy atom. The summed E-state index contributed by atoms with van der Waals surface area (Å²) in [6, 6.07) is 6.30. The van der Waals surface area contributed by atoms with Gasteiger partial charge in [0.05, 0.1) is 17.2 Å². The zero-order valence-electron chi connectivity index (χ0n) is 10.7. The van der Waals surface area contributed by atoms with Gasteiger partial charge in [-0.2, -0.15) is 5.26 Å². The molecular weight excluding hydrogens is 247 g/mol. The number of rotatable bonds is 4. The molecule has 0 bridgehead atoms. The fourth-order valence-electron chi connectivity index (χ4n) is 2.12. The van der Waals surface area contributed by atoms with Gasteiger partial charge >= 0.3 is 0 Å². The van der Waals surface area contributed by atoms with Crippen molar-refractivity contribution in [1.82, 2.24) is 5.32 Å². The van der Waals surface area contributed by atoms with E-state index in [0.29, 0.717) is 50.3 Å². The lowest BCUT2D eigenvalue weighted by molar-refractivity contribution is -0.0617. The molecule has 1 aliphatic heterocycles. The first-order chi connectivity index (χ1) is 9.13. The smallest absolute Gasteiger partial charge is 0.129 e. The highest BCUT2D eigenvalue weighted by molar-refractivity contribution is 5.32. The molecule has 19 heavy (non-hydrogen) atoms. The van der Waals surface area contributed by atoms with Crippen molar-refractivity contribution in [3.05, 3.63) is 35.1 Å². The lowest BCUT2D eigenvalue weighted by atomic mass is 9.94. The summed E-state index contributed by atoms with van der Waals surface area (Å²) < 4.78 is 18.8. The van der Waals surface area contributed by atoms with E-state index in [4.69, 9.17) is 10.00 Å². The van der Waals surface area contributed by atoms with Crippen LogP contribution in [0.1, 0.15) is 24.0 Å². The van der Waals surface area contributed by atoms with Gasteiger partial charge in [0, 0.05) is 44.7 Å². The third-order valence-corrected chi connectivity index (χ3v) is 3.38. The molecule has 1 aromatic carbocycles. The Morgan fingerprint density at radius 3 is 2.79 bits per heavy atom. The minimum atomic E-state index is -0.763. The standard InChI is InChI=1S/C14H17FN2O2/c15-13-7-11(8-16)1-2-12(13)9-17-10-14(18)3-5-19-6-4-14/h1-2,7,17-18H,3-6,9-10H2. The average molecular weight is 264 g/mol. The van der Waals surface area contributed by atoms with Crippen LogP contribution in [0.5, 0.6) is 0 Å². The second-order valence-corrected chi connectivity index (χ2v) is 4.86. The van der Waals surface area contributed by atoms with Gasteiger partial charge in [-0.15, -0.1) is 0 Å². The molecule has 1 fully saturated rings. The molecule has 0 atom stereocenters. The van der Waals surface area contributed by atoms with Gasteiger partial charge in [0.25, 0.3) is 0 Å². The predicted octanol–water partition coefficient (Wildman–Crippen LogP) is 1.33. The third-order valence-electron chi connectivity index (χ3n) is 3.38. The molecule has 0 unspecified atom stereocenters.